The van der Waals surface area contributed by atoms with Crippen molar-refractivity contribution in [2.24, 2.45) is 0 Å². The van der Waals surface area contributed by atoms with E-state index in [4.69, 9.17) is 0 Å². The van der Waals surface area contributed by atoms with Gasteiger partial charge < -0.3 is 5.32 Å². The zero-order valence-electron chi connectivity index (χ0n) is 13.2. The molecule has 2 aromatic carbocycles. The molecule has 1 heterocycles. The topological polar surface area (TPSA) is 58.2 Å². The van der Waals surface area contributed by atoms with Gasteiger partial charge >= 0.3 is 0 Å². The van der Waals surface area contributed by atoms with Crippen LogP contribution in [0, 0.1) is 0 Å². The number of sulfonamides is 1. The Morgan fingerprint density at radius 2 is 2.00 bits per heavy atom. The van der Waals surface area contributed by atoms with E-state index in [1.807, 2.05) is 25.1 Å². The third-order valence-electron chi connectivity index (χ3n) is 4.31. The van der Waals surface area contributed by atoms with Gasteiger partial charge in [0.1, 0.15) is 0 Å². The van der Waals surface area contributed by atoms with Crippen molar-refractivity contribution in [1.82, 2.24) is 10.0 Å². The first-order valence-corrected chi connectivity index (χ1v) is 9.48. The minimum Gasteiger partial charge on any atom is -0.308 e. The fourth-order valence-corrected chi connectivity index (χ4v) is 4.10. The highest BCUT2D eigenvalue weighted by molar-refractivity contribution is 7.89. The summed E-state index contributed by atoms with van der Waals surface area (Å²) < 4.78 is 27.8. The second kappa shape index (κ2) is 6.83. The quantitative estimate of drug-likeness (QED) is 0.885. The first kappa shape index (κ1) is 16.2. The Morgan fingerprint density at radius 3 is 2.83 bits per heavy atom. The maximum absolute atomic E-state index is 12.5. The maximum atomic E-state index is 12.5. The summed E-state index contributed by atoms with van der Waals surface area (Å²) in [5, 5.41) is 3.39. The average molecular weight is 330 g/mol. The minimum absolute atomic E-state index is 0.0177. The molecule has 1 unspecified atom stereocenters. The molecule has 1 aliphatic rings. The Hall–Kier alpha value is -1.69. The fourth-order valence-electron chi connectivity index (χ4n) is 2.98. The van der Waals surface area contributed by atoms with Crippen LogP contribution in [-0.4, -0.2) is 21.5 Å². The second-order valence-corrected chi connectivity index (χ2v) is 7.58. The van der Waals surface area contributed by atoms with Gasteiger partial charge in [0, 0.05) is 12.6 Å². The standard InChI is InChI=1S/C18H22N2O2S/c1-2-14-6-5-8-16(12-14)23(21,22)20-13-18-17-9-4-3-7-15(17)10-11-19-18/h3-9,12,18-20H,2,10-11,13H2,1H3. The van der Waals surface area contributed by atoms with Gasteiger partial charge in [0.05, 0.1) is 4.90 Å². The molecule has 0 fully saturated rings. The highest BCUT2D eigenvalue weighted by Gasteiger charge is 2.22. The molecule has 122 valence electrons. The van der Waals surface area contributed by atoms with Crippen LogP contribution in [0.4, 0.5) is 0 Å². The molecule has 0 bridgehead atoms. The number of fused-ring (bicyclic) bond motifs is 1. The molecule has 5 heteroatoms. The third kappa shape index (κ3) is 3.63. The molecule has 0 saturated carbocycles. The Morgan fingerprint density at radius 1 is 1.17 bits per heavy atom. The number of aryl methyl sites for hydroxylation is 1. The molecule has 0 aliphatic carbocycles. The predicted molar refractivity (Wildman–Crippen MR) is 91.9 cm³/mol. The van der Waals surface area contributed by atoms with Crippen LogP contribution in [0.15, 0.2) is 53.4 Å². The van der Waals surface area contributed by atoms with Crippen molar-refractivity contribution in [2.45, 2.75) is 30.7 Å². The van der Waals surface area contributed by atoms with Crippen LogP contribution in [0.5, 0.6) is 0 Å². The highest BCUT2D eigenvalue weighted by Crippen LogP contribution is 2.22. The van der Waals surface area contributed by atoms with E-state index in [0.717, 1.165) is 24.9 Å². The highest BCUT2D eigenvalue weighted by atomic mass is 32.2. The molecule has 0 saturated heterocycles. The van der Waals surface area contributed by atoms with Gasteiger partial charge in [-0.3, -0.25) is 0 Å². The lowest BCUT2D eigenvalue weighted by Gasteiger charge is -2.27. The van der Waals surface area contributed by atoms with Crippen molar-refractivity contribution >= 4 is 10.0 Å². The van der Waals surface area contributed by atoms with Gasteiger partial charge in [0.2, 0.25) is 10.0 Å². The Labute approximate surface area is 138 Å². The maximum Gasteiger partial charge on any atom is 0.240 e. The summed E-state index contributed by atoms with van der Waals surface area (Å²) in [7, 11) is -3.48. The molecule has 1 aliphatic heterocycles. The SMILES string of the molecule is CCc1cccc(S(=O)(=O)NCC2NCCc3ccccc32)c1. The molecule has 4 nitrogen and oxygen atoms in total. The normalized spacial score (nSPS) is 17.7. The van der Waals surface area contributed by atoms with Crippen LogP contribution >= 0.6 is 0 Å². The lowest BCUT2D eigenvalue weighted by molar-refractivity contribution is 0.491. The van der Waals surface area contributed by atoms with Crippen LogP contribution in [0.1, 0.15) is 29.7 Å². The zero-order valence-corrected chi connectivity index (χ0v) is 14.1. The predicted octanol–water partition coefficient (Wildman–Crippen LogP) is 2.41. The lowest BCUT2D eigenvalue weighted by atomic mass is 9.95. The smallest absolute Gasteiger partial charge is 0.240 e. The van der Waals surface area contributed by atoms with Crippen molar-refractivity contribution in [3.63, 3.8) is 0 Å². The largest absolute Gasteiger partial charge is 0.308 e. The summed E-state index contributed by atoms with van der Waals surface area (Å²) in [6.45, 7) is 3.24. The minimum atomic E-state index is -3.48. The van der Waals surface area contributed by atoms with E-state index in [0.29, 0.717) is 11.4 Å². The van der Waals surface area contributed by atoms with E-state index in [-0.39, 0.29) is 6.04 Å². The molecular formula is C18H22N2O2S. The van der Waals surface area contributed by atoms with Crippen LogP contribution in [0.25, 0.3) is 0 Å². The summed E-state index contributed by atoms with van der Waals surface area (Å²) in [5.74, 6) is 0. The van der Waals surface area contributed by atoms with Crippen LogP contribution in [0.2, 0.25) is 0 Å². The first-order chi connectivity index (χ1) is 11.1. The molecule has 2 aromatic rings. The molecule has 2 N–H and O–H groups in total. The van der Waals surface area contributed by atoms with Gasteiger partial charge in [0.25, 0.3) is 0 Å². The van der Waals surface area contributed by atoms with Crippen LogP contribution in [0.3, 0.4) is 0 Å². The zero-order chi connectivity index (χ0) is 16.3. The monoisotopic (exact) mass is 330 g/mol. The van der Waals surface area contributed by atoms with E-state index >= 15 is 0 Å². The summed E-state index contributed by atoms with van der Waals surface area (Å²) in [5.41, 5.74) is 3.50. The molecule has 23 heavy (non-hydrogen) atoms. The Balaban J connectivity index is 1.75. The molecule has 1 atom stereocenters. The van der Waals surface area contributed by atoms with Crippen LogP contribution in [-0.2, 0) is 22.9 Å². The number of hydrogen-bond acceptors (Lipinski definition) is 3. The van der Waals surface area contributed by atoms with Gasteiger partial charge in [-0.2, -0.15) is 0 Å². The van der Waals surface area contributed by atoms with Crippen molar-refractivity contribution in [2.75, 3.05) is 13.1 Å². The average Bonchev–Trinajstić information content (AvgIpc) is 2.60. The number of benzene rings is 2. The summed E-state index contributed by atoms with van der Waals surface area (Å²) in [4.78, 5) is 0.334. The summed E-state index contributed by atoms with van der Waals surface area (Å²) >= 11 is 0. The molecular weight excluding hydrogens is 308 g/mol. The van der Waals surface area contributed by atoms with Gasteiger partial charge in [-0.15, -0.1) is 0 Å². The third-order valence-corrected chi connectivity index (χ3v) is 5.73. The Kier molecular flexibility index (Phi) is 4.80. The fraction of sp³-hybridized carbons (Fsp3) is 0.333. The van der Waals surface area contributed by atoms with E-state index in [1.54, 1.807) is 18.2 Å². The first-order valence-electron chi connectivity index (χ1n) is 8.00. The van der Waals surface area contributed by atoms with Gasteiger partial charge in [-0.05, 0) is 48.2 Å². The number of rotatable bonds is 5. The molecule has 3 rings (SSSR count). The second-order valence-electron chi connectivity index (χ2n) is 5.81. The van der Waals surface area contributed by atoms with Crippen molar-refractivity contribution in [3.8, 4) is 0 Å². The van der Waals surface area contributed by atoms with E-state index in [9.17, 15) is 8.42 Å². The van der Waals surface area contributed by atoms with Crippen molar-refractivity contribution in [3.05, 3.63) is 65.2 Å². The number of hydrogen-bond donors (Lipinski definition) is 2. The lowest BCUT2D eigenvalue weighted by Crippen LogP contribution is -2.38. The molecule has 0 radical (unpaired) electrons. The summed E-state index contributed by atoms with van der Waals surface area (Å²) in [6.07, 6.45) is 1.80. The van der Waals surface area contributed by atoms with Gasteiger partial charge in [0.15, 0.2) is 0 Å². The molecule has 0 aromatic heterocycles. The summed E-state index contributed by atoms with van der Waals surface area (Å²) in [6, 6.07) is 15.3. The van der Waals surface area contributed by atoms with E-state index in [1.165, 1.54) is 11.1 Å². The number of nitrogens with one attached hydrogen (secondary N) is 2. The van der Waals surface area contributed by atoms with Gasteiger partial charge in [-0.1, -0.05) is 43.3 Å². The molecule has 0 amide bonds. The van der Waals surface area contributed by atoms with E-state index in [2.05, 4.69) is 22.2 Å². The Bertz CT molecular complexity index is 787. The molecule has 0 spiro atoms. The van der Waals surface area contributed by atoms with Crippen LogP contribution < -0.4 is 10.0 Å². The van der Waals surface area contributed by atoms with Crippen molar-refractivity contribution in [1.29, 1.82) is 0 Å². The van der Waals surface area contributed by atoms with E-state index < -0.39 is 10.0 Å². The van der Waals surface area contributed by atoms with Gasteiger partial charge in [-0.25, -0.2) is 13.1 Å². The van der Waals surface area contributed by atoms with Crippen molar-refractivity contribution < 1.29 is 8.42 Å².